The molecule has 0 unspecified atom stereocenters. The summed E-state index contributed by atoms with van der Waals surface area (Å²) in [6.07, 6.45) is 1.75. The summed E-state index contributed by atoms with van der Waals surface area (Å²) in [4.78, 5) is 11.7. The van der Waals surface area contributed by atoms with Crippen molar-refractivity contribution in [1.29, 1.82) is 5.26 Å². The summed E-state index contributed by atoms with van der Waals surface area (Å²) in [5.74, 6) is 0.405. The van der Waals surface area contributed by atoms with E-state index in [2.05, 4.69) is 0 Å². The Labute approximate surface area is 83.6 Å². The number of nitrogens with zero attached hydrogens (tertiary/aromatic N) is 2. The third-order valence-corrected chi connectivity index (χ3v) is 2.05. The molecule has 0 bridgehead atoms. The van der Waals surface area contributed by atoms with E-state index in [0.29, 0.717) is 12.5 Å². The smallest absolute Gasteiger partial charge is 0.268 e. The zero-order valence-electron chi connectivity index (χ0n) is 8.74. The van der Waals surface area contributed by atoms with E-state index in [-0.39, 0.29) is 11.1 Å². The van der Waals surface area contributed by atoms with Crippen molar-refractivity contribution >= 4 is 0 Å². The fraction of sp³-hybridized carbons (Fsp3) is 0.455. The normalized spacial score (nSPS) is 10.2. The van der Waals surface area contributed by atoms with Crippen molar-refractivity contribution in [2.24, 2.45) is 5.92 Å². The molecule has 0 saturated heterocycles. The molecule has 0 aromatic carbocycles. The van der Waals surface area contributed by atoms with Gasteiger partial charge < -0.3 is 4.57 Å². The van der Waals surface area contributed by atoms with Gasteiger partial charge in [0.2, 0.25) is 0 Å². The minimum Gasteiger partial charge on any atom is -0.314 e. The topological polar surface area (TPSA) is 45.8 Å². The molecule has 0 saturated carbocycles. The van der Waals surface area contributed by atoms with Crippen molar-refractivity contribution in [3.05, 3.63) is 33.7 Å². The summed E-state index contributed by atoms with van der Waals surface area (Å²) in [5.41, 5.74) is 0.826. The predicted octanol–water partition coefficient (Wildman–Crippen LogP) is 1.68. The lowest BCUT2D eigenvalue weighted by atomic mass is 10.1. The molecule has 1 aromatic rings. The number of aromatic nitrogens is 1. The fourth-order valence-corrected chi connectivity index (χ4v) is 1.34. The second kappa shape index (κ2) is 4.10. The Morgan fingerprint density at radius 1 is 1.57 bits per heavy atom. The van der Waals surface area contributed by atoms with Crippen molar-refractivity contribution < 1.29 is 0 Å². The molecule has 0 aliphatic rings. The van der Waals surface area contributed by atoms with Crippen LogP contribution >= 0.6 is 0 Å². The summed E-state index contributed by atoms with van der Waals surface area (Å²) in [5, 5.41) is 8.79. The maximum atomic E-state index is 11.7. The maximum Gasteiger partial charge on any atom is 0.268 e. The van der Waals surface area contributed by atoms with Crippen LogP contribution in [0, 0.1) is 24.2 Å². The van der Waals surface area contributed by atoms with Crippen LogP contribution in [0.2, 0.25) is 0 Å². The van der Waals surface area contributed by atoms with Crippen molar-refractivity contribution in [1.82, 2.24) is 4.57 Å². The number of hydrogen-bond acceptors (Lipinski definition) is 2. The molecule has 0 N–H and O–H groups in total. The van der Waals surface area contributed by atoms with Gasteiger partial charge in [-0.15, -0.1) is 0 Å². The number of pyridine rings is 1. The molecular weight excluding hydrogens is 176 g/mol. The summed E-state index contributed by atoms with van der Waals surface area (Å²) in [7, 11) is 0. The molecule has 74 valence electrons. The third kappa shape index (κ3) is 2.02. The van der Waals surface area contributed by atoms with Crippen LogP contribution in [0.4, 0.5) is 0 Å². The van der Waals surface area contributed by atoms with Crippen LogP contribution in [0.3, 0.4) is 0 Å². The number of hydrogen-bond donors (Lipinski definition) is 0. The van der Waals surface area contributed by atoms with E-state index in [1.165, 1.54) is 0 Å². The van der Waals surface area contributed by atoms with Crippen LogP contribution in [0.15, 0.2) is 17.1 Å². The van der Waals surface area contributed by atoms with Crippen molar-refractivity contribution in [2.75, 3.05) is 0 Å². The molecule has 14 heavy (non-hydrogen) atoms. The Morgan fingerprint density at radius 3 is 2.71 bits per heavy atom. The lowest BCUT2D eigenvalue weighted by molar-refractivity contribution is 0.510. The summed E-state index contributed by atoms with van der Waals surface area (Å²) < 4.78 is 1.59. The molecule has 1 heterocycles. The van der Waals surface area contributed by atoms with Gasteiger partial charge in [0.15, 0.2) is 0 Å². The molecule has 3 heteroatoms. The lowest BCUT2D eigenvalue weighted by Gasteiger charge is -2.09. The largest absolute Gasteiger partial charge is 0.314 e. The highest BCUT2D eigenvalue weighted by Crippen LogP contribution is 2.02. The van der Waals surface area contributed by atoms with Crippen LogP contribution in [-0.2, 0) is 6.54 Å². The molecule has 0 spiro atoms. The summed E-state index contributed by atoms with van der Waals surface area (Å²) in [6, 6.07) is 3.75. The highest BCUT2D eigenvalue weighted by atomic mass is 16.1. The van der Waals surface area contributed by atoms with Gasteiger partial charge in [0, 0.05) is 12.7 Å². The Bertz CT molecular complexity index is 424. The second-order valence-corrected chi connectivity index (χ2v) is 3.84. The van der Waals surface area contributed by atoms with E-state index in [9.17, 15) is 4.79 Å². The van der Waals surface area contributed by atoms with Crippen LogP contribution in [0.1, 0.15) is 25.0 Å². The summed E-state index contributed by atoms with van der Waals surface area (Å²) >= 11 is 0. The molecule has 0 radical (unpaired) electrons. The minimum atomic E-state index is -0.179. The zero-order valence-corrected chi connectivity index (χ0v) is 8.74. The van der Waals surface area contributed by atoms with E-state index in [0.717, 1.165) is 5.56 Å². The number of rotatable bonds is 2. The van der Waals surface area contributed by atoms with Gasteiger partial charge in [0.25, 0.3) is 5.56 Å². The van der Waals surface area contributed by atoms with Crippen molar-refractivity contribution in [3.8, 4) is 6.07 Å². The van der Waals surface area contributed by atoms with Crippen molar-refractivity contribution in [3.63, 3.8) is 0 Å². The average molecular weight is 190 g/mol. The van der Waals surface area contributed by atoms with Crippen LogP contribution in [-0.4, -0.2) is 4.57 Å². The zero-order chi connectivity index (χ0) is 10.7. The molecule has 0 amide bonds. The first-order valence-corrected chi connectivity index (χ1v) is 4.66. The van der Waals surface area contributed by atoms with Gasteiger partial charge in [0.05, 0.1) is 0 Å². The Kier molecular flexibility index (Phi) is 3.08. The van der Waals surface area contributed by atoms with E-state index < -0.39 is 0 Å². The van der Waals surface area contributed by atoms with Gasteiger partial charge in [-0.2, -0.15) is 5.26 Å². The molecule has 3 nitrogen and oxygen atoms in total. The summed E-state index contributed by atoms with van der Waals surface area (Å²) in [6.45, 7) is 6.52. The molecule has 0 atom stereocenters. The molecule has 0 aliphatic carbocycles. The molecule has 0 fully saturated rings. The van der Waals surface area contributed by atoms with Crippen molar-refractivity contribution in [2.45, 2.75) is 27.3 Å². The molecule has 1 aromatic heterocycles. The first-order chi connectivity index (χ1) is 6.56. The Morgan fingerprint density at radius 2 is 2.21 bits per heavy atom. The van der Waals surface area contributed by atoms with Gasteiger partial charge in [-0.05, 0) is 24.5 Å². The maximum absolute atomic E-state index is 11.7. The quantitative estimate of drug-likeness (QED) is 0.712. The Balaban J connectivity index is 3.24. The van der Waals surface area contributed by atoms with Gasteiger partial charge in [-0.1, -0.05) is 13.8 Å². The molecular formula is C11H14N2O. The monoisotopic (exact) mass is 190 g/mol. The highest BCUT2D eigenvalue weighted by Gasteiger charge is 2.06. The van der Waals surface area contributed by atoms with E-state index in [4.69, 9.17) is 5.26 Å². The molecule has 0 aliphatic heterocycles. The van der Waals surface area contributed by atoms with Crippen LogP contribution in [0.5, 0.6) is 0 Å². The van der Waals surface area contributed by atoms with Crippen LogP contribution < -0.4 is 5.56 Å². The fourth-order valence-electron chi connectivity index (χ4n) is 1.34. The lowest BCUT2D eigenvalue weighted by Crippen LogP contribution is -2.24. The average Bonchev–Trinajstić information content (AvgIpc) is 2.10. The third-order valence-electron chi connectivity index (χ3n) is 2.05. The Hall–Kier alpha value is -1.56. The van der Waals surface area contributed by atoms with E-state index in [1.807, 2.05) is 26.0 Å². The number of nitriles is 1. The number of aryl methyl sites for hydroxylation is 1. The van der Waals surface area contributed by atoms with Gasteiger partial charge >= 0.3 is 0 Å². The SMILES string of the molecule is Cc1ccn(CC(C)C)c(=O)c1C#N. The predicted molar refractivity (Wildman–Crippen MR) is 55.0 cm³/mol. The van der Waals surface area contributed by atoms with E-state index >= 15 is 0 Å². The highest BCUT2D eigenvalue weighted by molar-refractivity contribution is 5.33. The molecule has 1 rings (SSSR count). The van der Waals surface area contributed by atoms with Gasteiger partial charge in [-0.25, -0.2) is 0 Å². The first kappa shape index (κ1) is 10.5. The van der Waals surface area contributed by atoms with Crippen LogP contribution in [0.25, 0.3) is 0 Å². The minimum absolute atomic E-state index is 0.179. The second-order valence-electron chi connectivity index (χ2n) is 3.84. The first-order valence-electron chi connectivity index (χ1n) is 4.66. The van der Waals surface area contributed by atoms with Gasteiger partial charge in [0.1, 0.15) is 11.6 Å². The standard InChI is InChI=1S/C11H14N2O/c1-8(2)7-13-5-4-9(3)10(6-12)11(13)14/h4-5,8H,7H2,1-3H3. The van der Waals surface area contributed by atoms with Gasteiger partial charge in [-0.3, -0.25) is 4.79 Å². The van der Waals surface area contributed by atoms with E-state index in [1.54, 1.807) is 17.7 Å².